The smallest absolute Gasteiger partial charge is 0.324 e. The lowest BCUT2D eigenvalue weighted by Gasteiger charge is -2.02. The number of unbranched alkanes of at least 4 members (excludes halogenated alkanes) is 12. The van der Waals surface area contributed by atoms with E-state index in [-0.39, 0.29) is 5.97 Å². The molecule has 0 atom stereocenters. The van der Waals surface area contributed by atoms with Crippen molar-refractivity contribution in [3.05, 3.63) is 0 Å². The SMILES string of the molecule is CCCCCCCCCCCCCCCC(=O)ON. The summed E-state index contributed by atoms with van der Waals surface area (Å²) in [5.74, 6) is 4.48. The Morgan fingerprint density at radius 3 is 1.47 bits per heavy atom. The number of carbonyl (C=O) groups excluding carboxylic acids is 1. The van der Waals surface area contributed by atoms with E-state index >= 15 is 0 Å². The van der Waals surface area contributed by atoms with E-state index in [4.69, 9.17) is 5.90 Å². The highest BCUT2D eigenvalue weighted by molar-refractivity contribution is 5.68. The van der Waals surface area contributed by atoms with Gasteiger partial charge >= 0.3 is 5.97 Å². The molecule has 2 N–H and O–H groups in total. The molecular formula is C16H33NO2. The van der Waals surface area contributed by atoms with Gasteiger partial charge in [-0.05, 0) is 6.42 Å². The van der Waals surface area contributed by atoms with E-state index in [2.05, 4.69) is 11.8 Å². The van der Waals surface area contributed by atoms with Crippen LogP contribution in [0.4, 0.5) is 0 Å². The molecule has 0 unspecified atom stereocenters. The molecule has 0 aromatic heterocycles. The molecule has 0 spiro atoms. The van der Waals surface area contributed by atoms with E-state index in [1.807, 2.05) is 0 Å². The van der Waals surface area contributed by atoms with Crippen LogP contribution < -0.4 is 5.90 Å². The van der Waals surface area contributed by atoms with Gasteiger partial charge in [0.15, 0.2) is 0 Å². The largest absolute Gasteiger partial charge is 0.373 e. The molecule has 0 amide bonds. The van der Waals surface area contributed by atoms with E-state index in [0.29, 0.717) is 6.42 Å². The Labute approximate surface area is 119 Å². The van der Waals surface area contributed by atoms with Gasteiger partial charge in [-0.15, -0.1) is 0 Å². The van der Waals surface area contributed by atoms with Crippen LogP contribution in [0.1, 0.15) is 96.8 Å². The van der Waals surface area contributed by atoms with Gasteiger partial charge in [0.05, 0.1) is 0 Å². The number of carbonyl (C=O) groups is 1. The minimum Gasteiger partial charge on any atom is -0.373 e. The second kappa shape index (κ2) is 15.5. The van der Waals surface area contributed by atoms with E-state index in [9.17, 15) is 4.79 Å². The Hall–Kier alpha value is -0.570. The fourth-order valence-electron chi connectivity index (χ4n) is 2.35. The van der Waals surface area contributed by atoms with Crippen molar-refractivity contribution in [3.63, 3.8) is 0 Å². The van der Waals surface area contributed by atoms with Gasteiger partial charge in [0.1, 0.15) is 0 Å². The van der Waals surface area contributed by atoms with Crippen molar-refractivity contribution in [2.75, 3.05) is 0 Å². The van der Waals surface area contributed by atoms with Crippen molar-refractivity contribution >= 4 is 5.97 Å². The van der Waals surface area contributed by atoms with Crippen LogP contribution in [-0.2, 0) is 9.63 Å². The number of nitrogens with two attached hydrogens (primary N) is 1. The first-order valence-corrected chi connectivity index (χ1v) is 8.20. The molecule has 114 valence electrons. The zero-order valence-electron chi connectivity index (χ0n) is 12.8. The number of rotatable bonds is 14. The molecule has 0 rings (SSSR count). The van der Waals surface area contributed by atoms with Crippen LogP contribution in [0, 0.1) is 0 Å². The highest BCUT2D eigenvalue weighted by atomic mass is 16.7. The summed E-state index contributed by atoms with van der Waals surface area (Å²) in [5.41, 5.74) is 0. The fourth-order valence-corrected chi connectivity index (χ4v) is 2.35. The Balaban J connectivity index is 2.97. The molecule has 0 aliphatic heterocycles. The molecule has 0 aliphatic carbocycles. The van der Waals surface area contributed by atoms with Gasteiger partial charge in [0.2, 0.25) is 0 Å². The third kappa shape index (κ3) is 15.4. The standard InChI is InChI=1S/C16H33NO2/c1-2-3-4-5-6-7-8-9-10-11-12-13-14-15-16(18)19-17/h2-15,17H2,1H3. The normalized spacial score (nSPS) is 10.6. The van der Waals surface area contributed by atoms with Crippen LogP contribution in [0.3, 0.4) is 0 Å². The van der Waals surface area contributed by atoms with Gasteiger partial charge in [0, 0.05) is 6.42 Å². The summed E-state index contributed by atoms with van der Waals surface area (Å²) in [5, 5.41) is 0. The maximum atomic E-state index is 10.8. The third-order valence-corrected chi connectivity index (χ3v) is 3.62. The highest BCUT2D eigenvalue weighted by Crippen LogP contribution is 2.12. The maximum absolute atomic E-state index is 10.8. The first-order chi connectivity index (χ1) is 9.31. The van der Waals surface area contributed by atoms with Crippen molar-refractivity contribution in [2.45, 2.75) is 96.8 Å². The molecule has 0 heterocycles. The molecule has 0 aliphatic rings. The summed E-state index contributed by atoms with van der Waals surface area (Å²) in [6.45, 7) is 2.26. The quantitative estimate of drug-likeness (QED) is 0.361. The number of hydrogen-bond donors (Lipinski definition) is 1. The molecule has 0 bridgehead atoms. The molecule has 3 heteroatoms. The summed E-state index contributed by atoms with van der Waals surface area (Å²) in [4.78, 5) is 14.9. The molecule has 0 radical (unpaired) electrons. The molecule has 0 saturated heterocycles. The van der Waals surface area contributed by atoms with E-state index in [0.717, 1.165) is 12.8 Å². The fraction of sp³-hybridized carbons (Fsp3) is 0.938. The van der Waals surface area contributed by atoms with Gasteiger partial charge in [-0.3, -0.25) is 4.79 Å². The van der Waals surface area contributed by atoms with Crippen LogP contribution >= 0.6 is 0 Å². The molecule has 19 heavy (non-hydrogen) atoms. The average Bonchev–Trinajstić information content (AvgIpc) is 2.43. The van der Waals surface area contributed by atoms with Crippen molar-refractivity contribution in [1.29, 1.82) is 0 Å². The predicted molar refractivity (Wildman–Crippen MR) is 80.6 cm³/mol. The van der Waals surface area contributed by atoms with Gasteiger partial charge in [-0.1, -0.05) is 84.0 Å². The molecule has 0 aromatic rings. The topological polar surface area (TPSA) is 52.3 Å². The van der Waals surface area contributed by atoms with Crippen molar-refractivity contribution in [3.8, 4) is 0 Å². The van der Waals surface area contributed by atoms with Crippen LogP contribution in [0.25, 0.3) is 0 Å². The average molecular weight is 271 g/mol. The molecule has 0 aromatic carbocycles. The van der Waals surface area contributed by atoms with E-state index < -0.39 is 0 Å². The van der Waals surface area contributed by atoms with Crippen LogP contribution in [0.2, 0.25) is 0 Å². The first kappa shape index (κ1) is 18.4. The van der Waals surface area contributed by atoms with Gasteiger partial charge < -0.3 is 4.84 Å². The lowest BCUT2D eigenvalue weighted by Crippen LogP contribution is -2.08. The summed E-state index contributed by atoms with van der Waals surface area (Å²) >= 11 is 0. The van der Waals surface area contributed by atoms with Crippen molar-refractivity contribution in [1.82, 2.24) is 0 Å². The second-order valence-electron chi connectivity index (χ2n) is 5.48. The van der Waals surface area contributed by atoms with Crippen molar-refractivity contribution < 1.29 is 9.63 Å². The van der Waals surface area contributed by atoms with Gasteiger partial charge in [-0.25, -0.2) is 0 Å². The highest BCUT2D eigenvalue weighted by Gasteiger charge is 1.99. The van der Waals surface area contributed by atoms with Crippen LogP contribution in [0.15, 0.2) is 0 Å². The van der Waals surface area contributed by atoms with Crippen LogP contribution in [-0.4, -0.2) is 5.97 Å². The van der Waals surface area contributed by atoms with Crippen molar-refractivity contribution in [2.24, 2.45) is 5.90 Å². The third-order valence-electron chi connectivity index (χ3n) is 3.62. The Morgan fingerprint density at radius 2 is 1.11 bits per heavy atom. The maximum Gasteiger partial charge on any atom is 0.324 e. The van der Waals surface area contributed by atoms with Crippen LogP contribution in [0.5, 0.6) is 0 Å². The summed E-state index contributed by atoms with van der Waals surface area (Å²) < 4.78 is 0. The molecular weight excluding hydrogens is 238 g/mol. The Kier molecular flexibility index (Phi) is 15.0. The summed E-state index contributed by atoms with van der Waals surface area (Å²) in [7, 11) is 0. The minimum absolute atomic E-state index is 0.289. The predicted octanol–water partition coefficient (Wildman–Crippen LogP) is 4.88. The minimum atomic E-state index is -0.289. The first-order valence-electron chi connectivity index (χ1n) is 8.20. The lowest BCUT2D eigenvalue weighted by molar-refractivity contribution is -0.144. The Bertz CT molecular complexity index is 195. The van der Waals surface area contributed by atoms with E-state index in [1.54, 1.807) is 0 Å². The monoisotopic (exact) mass is 271 g/mol. The molecule has 0 fully saturated rings. The molecule has 3 nitrogen and oxygen atoms in total. The van der Waals surface area contributed by atoms with E-state index in [1.165, 1.54) is 70.6 Å². The summed E-state index contributed by atoms with van der Waals surface area (Å²) in [6.07, 6.45) is 17.5. The summed E-state index contributed by atoms with van der Waals surface area (Å²) in [6, 6.07) is 0. The zero-order valence-corrected chi connectivity index (χ0v) is 12.8. The lowest BCUT2D eigenvalue weighted by atomic mass is 10.0. The second-order valence-corrected chi connectivity index (χ2v) is 5.48. The zero-order chi connectivity index (χ0) is 14.2. The number of hydrogen-bond acceptors (Lipinski definition) is 3. The molecule has 0 saturated carbocycles. The van der Waals surface area contributed by atoms with Gasteiger partial charge in [0.25, 0.3) is 0 Å². The van der Waals surface area contributed by atoms with Gasteiger partial charge in [-0.2, -0.15) is 5.90 Å². The Morgan fingerprint density at radius 1 is 0.737 bits per heavy atom.